The molecule has 2 aromatic rings. The van der Waals surface area contributed by atoms with Crippen molar-refractivity contribution in [1.29, 1.82) is 5.26 Å². The van der Waals surface area contributed by atoms with Gasteiger partial charge >= 0.3 is 0 Å². The summed E-state index contributed by atoms with van der Waals surface area (Å²) in [5.41, 5.74) is 3.46. The predicted octanol–water partition coefficient (Wildman–Crippen LogP) is 2.93. The van der Waals surface area contributed by atoms with Crippen LogP contribution in [0.5, 0.6) is 0 Å². The molecule has 8 heteroatoms. The van der Waals surface area contributed by atoms with Gasteiger partial charge in [-0.15, -0.1) is 0 Å². The van der Waals surface area contributed by atoms with Crippen molar-refractivity contribution in [1.82, 2.24) is 13.8 Å². The van der Waals surface area contributed by atoms with Gasteiger partial charge in [0.1, 0.15) is 6.07 Å². The number of hydrogen-bond donors (Lipinski definition) is 0. The summed E-state index contributed by atoms with van der Waals surface area (Å²) in [7, 11) is -3.77. The summed E-state index contributed by atoms with van der Waals surface area (Å²) in [5, 5.41) is 9.22. The number of benzene rings is 1. The minimum absolute atomic E-state index is 0.0135. The van der Waals surface area contributed by atoms with Gasteiger partial charge in [0.25, 0.3) is 0 Å². The summed E-state index contributed by atoms with van der Waals surface area (Å²) in [6.45, 7) is 8.22. The van der Waals surface area contributed by atoms with Gasteiger partial charge in [-0.1, -0.05) is 19.1 Å². The van der Waals surface area contributed by atoms with Crippen LogP contribution < -0.4 is 0 Å². The van der Waals surface area contributed by atoms with Crippen LogP contribution in [0, 0.1) is 25.2 Å². The first-order chi connectivity index (χ1) is 14.8. The summed E-state index contributed by atoms with van der Waals surface area (Å²) in [6, 6.07) is 10.2. The molecule has 1 aromatic heterocycles. The Morgan fingerprint density at radius 2 is 1.84 bits per heavy atom. The van der Waals surface area contributed by atoms with Gasteiger partial charge < -0.3 is 9.47 Å². The zero-order valence-corrected chi connectivity index (χ0v) is 19.0. The third-order valence-electron chi connectivity index (χ3n) is 5.64. The van der Waals surface area contributed by atoms with E-state index >= 15 is 0 Å². The van der Waals surface area contributed by atoms with Crippen LogP contribution in [0.15, 0.2) is 41.3 Å². The highest BCUT2D eigenvalue weighted by molar-refractivity contribution is 7.89. The summed E-state index contributed by atoms with van der Waals surface area (Å²) in [4.78, 5) is 14.3. The second-order valence-corrected chi connectivity index (χ2v) is 9.56. The summed E-state index contributed by atoms with van der Waals surface area (Å²) >= 11 is 0. The molecule has 1 amide bonds. The largest absolute Gasteiger partial charge is 0.349 e. The highest BCUT2D eigenvalue weighted by Crippen LogP contribution is 2.21. The molecule has 3 rings (SSSR count). The number of carbonyl (C=O) groups excluding carboxylic acids is 1. The fourth-order valence-electron chi connectivity index (χ4n) is 3.90. The van der Waals surface area contributed by atoms with E-state index in [1.165, 1.54) is 22.1 Å². The first kappa shape index (κ1) is 22.8. The summed E-state index contributed by atoms with van der Waals surface area (Å²) in [6.07, 6.45) is 4.45. The Morgan fingerprint density at radius 1 is 1.16 bits per heavy atom. The zero-order chi connectivity index (χ0) is 22.6. The molecule has 0 spiro atoms. The van der Waals surface area contributed by atoms with E-state index in [1.54, 1.807) is 23.1 Å². The number of aromatic nitrogens is 1. The van der Waals surface area contributed by atoms with Crippen molar-refractivity contribution < 1.29 is 13.2 Å². The summed E-state index contributed by atoms with van der Waals surface area (Å²) in [5.74, 6) is -0.130. The van der Waals surface area contributed by atoms with Crippen molar-refractivity contribution in [2.24, 2.45) is 0 Å². The van der Waals surface area contributed by atoms with Crippen molar-refractivity contribution in [3.05, 3.63) is 58.9 Å². The smallest absolute Gasteiger partial charge is 0.246 e. The molecule has 1 aromatic carbocycles. The Labute approximate surface area is 184 Å². The lowest BCUT2D eigenvalue weighted by atomic mass is 10.2. The molecule has 0 saturated carbocycles. The number of aryl methyl sites for hydroxylation is 1. The molecule has 1 aliphatic rings. The van der Waals surface area contributed by atoms with Crippen LogP contribution in [0.3, 0.4) is 0 Å². The molecule has 31 heavy (non-hydrogen) atoms. The number of hydrogen-bond acceptors (Lipinski definition) is 4. The van der Waals surface area contributed by atoms with Gasteiger partial charge in [0.2, 0.25) is 15.9 Å². The topological polar surface area (TPSA) is 86.4 Å². The molecule has 0 unspecified atom stereocenters. The summed E-state index contributed by atoms with van der Waals surface area (Å²) < 4.78 is 29.5. The Balaban J connectivity index is 1.66. The number of nitrogens with zero attached hydrogens (tertiary/aromatic N) is 4. The average molecular weight is 441 g/mol. The second-order valence-electron chi connectivity index (χ2n) is 7.65. The van der Waals surface area contributed by atoms with E-state index in [4.69, 9.17) is 0 Å². The van der Waals surface area contributed by atoms with Gasteiger partial charge in [0.15, 0.2) is 0 Å². The molecule has 1 fully saturated rings. The van der Waals surface area contributed by atoms with Gasteiger partial charge in [-0.2, -0.15) is 9.57 Å². The number of sulfonamides is 1. The highest BCUT2D eigenvalue weighted by atomic mass is 32.2. The van der Waals surface area contributed by atoms with Crippen LogP contribution in [-0.4, -0.2) is 54.3 Å². The van der Waals surface area contributed by atoms with E-state index < -0.39 is 10.0 Å². The fourth-order valence-corrected chi connectivity index (χ4v) is 5.47. The Kier molecular flexibility index (Phi) is 6.98. The van der Waals surface area contributed by atoms with Crippen molar-refractivity contribution in [3.8, 4) is 6.07 Å². The Bertz CT molecular complexity index is 1130. The van der Waals surface area contributed by atoms with Crippen LogP contribution in [0.25, 0.3) is 6.08 Å². The second kappa shape index (κ2) is 9.50. The lowest BCUT2D eigenvalue weighted by Gasteiger charge is -2.33. The molecule has 0 N–H and O–H groups in total. The number of amides is 1. The maximum absolute atomic E-state index is 12.9. The first-order valence-electron chi connectivity index (χ1n) is 10.4. The number of piperazine rings is 1. The van der Waals surface area contributed by atoms with Gasteiger partial charge in [-0.3, -0.25) is 4.79 Å². The van der Waals surface area contributed by atoms with E-state index in [9.17, 15) is 18.5 Å². The molecule has 0 aliphatic carbocycles. The molecule has 1 aliphatic heterocycles. The molecule has 0 radical (unpaired) electrons. The lowest BCUT2D eigenvalue weighted by Crippen LogP contribution is -2.50. The normalized spacial score (nSPS) is 15.4. The van der Waals surface area contributed by atoms with E-state index in [2.05, 4.69) is 31.4 Å². The van der Waals surface area contributed by atoms with Gasteiger partial charge in [0, 0.05) is 50.2 Å². The van der Waals surface area contributed by atoms with Crippen molar-refractivity contribution in [2.75, 3.05) is 26.2 Å². The molecular formula is C23H28N4O3S. The molecule has 0 atom stereocenters. The van der Waals surface area contributed by atoms with E-state index in [0.29, 0.717) is 13.1 Å². The Hall–Kier alpha value is -2.89. The van der Waals surface area contributed by atoms with Crippen molar-refractivity contribution >= 4 is 22.0 Å². The van der Waals surface area contributed by atoms with Crippen LogP contribution >= 0.6 is 0 Å². The Morgan fingerprint density at radius 3 is 2.48 bits per heavy atom. The van der Waals surface area contributed by atoms with Crippen molar-refractivity contribution in [3.63, 3.8) is 0 Å². The maximum Gasteiger partial charge on any atom is 0.246 e. The molecule has 1 saturated heterocycles. The predicted molar refractivity (Wildman–Crippen MR) is 120 cm³/mol. The molecule has 7 nitrogen and oxygen atoms in total. The third kappa shape index (κ3) is 4.73. The standard InChI is InChI=1S/C23H28N4O3S/c1-4-11-27-18(2)16-20(19(27)3)9-10-23(28)25-12-14-26(15-13-25)31(29,30)22-8-6-5-7-21(22)17-24/h5-10,16H,4,11-15H2,1-3H3. The molecule has 0 bridgehead atoms. The SMILES string of the molecule is CCCn1c(C)cc(C=CC(=O)N2CCN(S(=O)(=O)c3ccccc3C#N)CC2)c1C. The van der Waals surface area contributed by atoms with Crippen LogP contribution in [0.1, 0.15) is 35.9 Å². The minimum Gasteiger partial charge on any atom is -0.349 e. The number of carbonyl (C=O) groups is 1. The molecule has 2 heterocycles. The molecule has 164 valence electrons. The fraction of sp³-hybridized carbons (Fsp3) is 0.391. The van der Waals surface area contributed by atoms with E-state index in [-0.39, 0.29) is 29.5 Å². The van der Waals surface area contributed by atoms with Crippen LogP contribution in [0.2, 0.25) is 0 Å². The number of rotatable bonds is 6. The van der Waals surface area contributed by atoms with Crippen molar-refractivity contribution in [2.45, 2.75) is 38.6 Å². The quantitative estimate of drug-likeness (QED) is 0.647. The first-order valence-corrected chi connectivity index (χ1v) is 11.9. The van der Waals surface area contributed by atoms with E-state index in [0.717, 1.165) is 24.2 Å². The van der Waals surface area contributed by atoms with Gasteiger partial charge in [-0.05, 0) is 50.1 Å². The maximum atomic E-state index is 12.9. The lowest BCUT2D eigenvalue weighted by molar-refractivity contribution is -0.127. The van der Waals surface area contributed by atoms with Gasteiger partial charge in [-0.25, -0.2) is 8.42 Å². The van der Waals surface area contributed by atoms with Crippen LogP contribution in [-0.2, 0) is 21.4 Å². The average Bonchev–Trinajstić information content (AvgIpc) is 3.05. The minimum atomic E-state index is -3.77. The van der Waals surface area contributed by atoms with E-state index in [1.807, 2.05) is 12.1 Å². The van der Waals surface area contributed by atoms with Crippen LogP contribution in [0.4, 0.5) is 0 Å². The third-order valence-corrected chi connectivity index (χ3v) is 7.60. The highest BCUT2D eigenvalue weighted by Gasteiger charge is 2.31. The monoisotopic (exact) mass is 440 g/mol. The number of nitriles is 1. The zero-order valence-electron chi connectivity index (χ0n) is 18.2. The van der Waals surface area contributed by atoms with Gasteiger partial charge in [0.05, 0.1) is 10.5 Å². The molecular weight excluding hydrogens is 412 g/mol.